The summed E-state index contributed by atoms with van der Waals surface area (Å²) in [6.45, 7) is 6.60. The number of benzene rings is 2. The van der Waals surface area contributed by atoms with Gasteiger partial charge in [-0.3, -0.25) is 47.7 Å². The fourth-order valence-electron chi connectivity index (χ4n) is 6.75. The Kier molecular flexibility index (Phi) is 20.1. The molecule has 4 rings (SSSR count). The van der Waals surface area contributed by atoms with Crippen molar-refractivity contribution in [1.82, 2.24) is 47.5 Å². The number of nitrogens with one attached hydrogen (secondary N) is 8. The van der Waals surface area contributed by atoms with Crippen LogP contribution in [-0.2, 0) is 54.9 Å². The minimum Gasteiger partial charge on any atom is -0.508 e. The number of rotatable bonds is 14. The highest BCUT2D eigenvalue weighted by atomic mass is 32.2. The van der Waals surface area contributed by atoms with Crippen molar-refractivity contribution in [2.75, 3.05) is 18.8 Å². The van der Waals surface area contributed by atoms with E-state index in [1.54, 1.807) is 39.8 Å². The molecule has 2 bridgehead atoms. The molecule has 0 saturated carbocycles. The lowest BCUT2D eigenvalue weighted by molar-refractivity contribution is -0.142. The molecule has 7 atom stereocenters. The molecule has 378 valence electrons. The number of carbonyl (C=O) groups is 9. The van der Waals surface area contributed by atoms with Gasteiger partial charge in [0.15, 0.2) is 0 Å². The van der Waals surface area contributed by atoms with Crippen molar-refractivity contribution in [2.45, 2.75) is 90.1 Å². The van der Waals surface area contributed by atoms with Gasteiger partial charge >= 0.3 is 0 Å². The molecule has 2 heterocycles. The number of hydrogen-bond acceptors (Lipinski definition) is 15. The second-order valence-corrected chi connectivity index (χ2v) is 19.3. The topological polar surface area (TPSA) is 358 Å². The molecular weight excluding hydrogens is 955 g/mol. The van der Waals surface area contributed by atoms with Crippen LogP contribution in [0.1, 0.15) is 80.1 Å². The number of phenolic OH excluding ortho intramolecular Hbond substituents is 2. The second-order valence-electron chi connectivity index (χ2n) is 16.9. The van der Waals surface area contributed by atoms with Crippen molar-refractivity contribution >= 4 is 80.6 Å². The number of ketones is 1. The number of phenols is 2. The van der Waals surface area contributed by atoms with Gasteiger partial charge in [-0.05, 0) is 79.6 Å². The van der Waals surface area contributed by atoms with Gasteiger partial charge in [0.2, 0.25) is 41.2 Å². The number of aromatic hydroxyl groups is 2. The van der Waals surface area contributed by atoms with Gasteiger partial charge in [0.25, 0.3) is 21.9 Å². The summed E-state index contributed by atoms with van der Waals surface area (Å²) >= 11 is 1.05. The predicted molar refractivity (Wildman–Crippen MR) is 253 cm³/mol. The van der Waals surface area contributed by atoms with E-state index in [4.69, 9.17) is 0 Å². The van der Waals surface area contributed by atoms with Crippen molar-refractivity contribution in [3.8, 4) is 11.5 Å². The molecule has 3 aromatic rings. The van der Waals surface area contributed by atoms with Crippen LogP contribution >= 0.6 is 11.3 Å². The molecule has 11 N–H and O–H groups in total. The van der Waals surface area contributed by atoms with Gasteiger partial charge in [-0.2, -0.15) is 8.42 Å². The Bertz CT molecular complexity index is 2550. The van der Waals surface area contributed by atoms with Gasteiger partial charge in [-0.25, -0.2) is 4.98 Å². The lowest BCUT2D eigenvalue weighted by Gasteiger charge is -2.29. The van der Waals surface area contributed by atoms with E-state index < -0.39 is 124 Å². The molecule has 0 aliphatic carbocycles. The van der Waals surface area contributed by atoms with Crippen LogP contribution in [-0.4, -0.2) is 130 Å². The highest BCUT2D eigenvalue weighted by molar-refractivity contribution is 7.85. The van der Waals surface area contributed by atoms with E-state index >= 15 is 0 Å². The maximum atomic E-state index is 14.2. The van der Waals surface area contributed by atoms with E-state index in [2.05, 4.69) is 47.5 Å². The Labute approximate surface area is 407 Å². The van der Waals surface area contributed by atoms with Gasteiger partial charge in [-0.15, -0.1) is 11.3 Å². The Morgan fingerprint density at radius 3 is 2.07 bits per heavy atom. The van der Waals surface area contributed by atoms with Crippen molar-refractivity contribution < 1.29 is 66.3 Å². The zero-order valence-corrected chi connectivity index (χ0v) is 40.4. The zero-order chi connectivity index (χ0) is 51.9. The lowest BCUT2D eigenvalue weighted by Crippen LogP contribution is -2.61. The largest absolute Gasteiger partial charge is 0.508 e. The van der Waals surface area contributed by atoms with Crippen LogP contribution < -0.4 is 42.5 Å². The zero-order valence-electron chi connectivity index (χ0n) is 38.8. The SMILES string of the molecule is CC[C@H](C)[C@@H]1NC(=O)[C@H](CC(C)C)NC(=O)[C@@H](NC(=O)[C@H](C)NC(=O)CNC(=O)c2ccc(O)cc2)CNC(=O)[C@H](CS(=O)(=O)O)NC(=O)/C=C\c2csc(n2)[C@H](Cc2ccc(O)cc2)NC(=O)C1=O. The first-order chi connectivity index (χ1) is 32.9. The van der Waals surface area contributed by atoms with E-state index in [9.17, 15) is 66.3 Å². The summed E-state index contributed by atoms with van der Waals surface area (Å²) in [4.78, 5) is 126. The minimum atomic E-state index is -4.95. The predicted octanol–water partition coefficient (Wildman–Crippen LogP) is -0.480. The fourth-order valence-corrected chi connectivity index (χ4v) is 8.24. The molecule has 0 fully saturated rings. The van der Waals surface area contributed by atoms with Crippen LogP contribution in [0.2, 0.25) is 0 Å². The molecule has 0 radical (unpaired) electrons. The highest BCUT2D eigenvalue weighted by Gasteiger charge is 2.37. The molecule has 0 saturated heterocycles. The minimum absolute atomic E-state index is 0.0229. The first kappa shape index (κ1) is 55.3. The summed E-state index contributed by atoms with van der Waals surface area (Å²) < 4.78 is 33.8. The van der Waals surface area contributed by atoms with Crippen LogP contribution in [0.5, 0.6) is 11.5 Å². The Hall–Kier alpha value is -7.25. The summed E-state index contributed by atoms with van der Waals surface area (Å²) in [5.41, 5.74) is 0.904. The maximum Gasteiger partial charge on any atom is 0.290 e. The van der Waals surface area contributed by atoms with Gasteiger partial charge < -0.3 is 52.7 Å². The van der Waals surface area contributed by atoms with Gasteiger partial charge in [0, 0.05) is 23.6 Å². The number of amides is 8. The third-order valence-corrected chi connectivity index (χ3v) is 12.4. The Balaban J connectivity index is 1.69. The van der Waals surface area contributed by atoms with Crippen LogP contribution in [0.4, 0.5) is 0 Å². The molecule has 1 aromatic heterocycles. The molecule has 1 aliphatic heterocycles. The third-order valence-electron chi connectivity index (χ3n) is 10.7. The number of hydrogen-bond donors (Lipinski definition) is 11. The number of Topliss-reactive ketones (excluding diaryl/α,β-unsaturated/α-hetero) is 1. The molecular formula is C45H57N9O14S2. The second kappa shape index (κ2) is 25.4. The van der Waals surface area contributed by atoms with Crippen molar-refractivity contribution in [2.24, 2.45) is 11.8 Å². The summed E-state index contributed by atoms with van der Waals surface area (Å²) in [6, 6.07) is 2.16. The summed E-state index contributed by atoms with van der Waals surface area (Å²) in [5.74, 6) is -11.3. The summed E-state index contributed by atoms with van der Waals surface area (Å²) in [7, 11) is -4.95. The molecule has 8 amide bonds. The molecule has 2 aromatic carbocycles. The molecule has 0 spiro atoms. The number of aromatic nitrogens is 1. The molecule has 1 aliphatic rings. The van der Waals surface area contributed by atoms with Gasteiger partial charge in [-0.1, -0.05) is 46.2 Å². The first-order valence-electron chi connectivity index (χ1n) is 22.0. The summed E-state index contributed by atoms with van der Waals surface area (Å²) in [6.07, 6.45) is 2.43. The lowest BCUT2D eigenvalue weighted by atomic mass is 9.93. The standard InChI is InChI=1S/C45H57N9O14S2/c1-6-24(4)37-38(59)44(65)52-32(18-26-7-12-29(55)13-8-26)45-49-28(21-69-45)11-16-35(57)50-34(22-70(66,67)68)41(62)46-19-33(43(64)51-31(17-23(2)3)42(63)54-37)53-39(60)25(5)48-36(58)20-47-40(61)27-9-14-30(56)15-10-27/h7-16,21,23-25,31-34,37,55-56H,6,17-20,22H2,1-5H3,(H,46,62)(H,47,61)(H,48,58)(H,50,57)(H,51,64)(H,52,65)(H,53,60)(H,54,63)(H,66,67,68)/b16-11-/t24-,25-,31-,32-,33-,34-,37-/m0/s1. The quantitative estimate of drug-likeness (QED) is 0.0718. The summed E-state index contributed by atoms with van der Waals surface area (Å²) in [5, 5.41) is 40.4. The number of carbonyl (C=O) groups excluding carboxylic acids is 9. The van der Waals surface area contributed by atoms with Crippen molar-refractivity contribution in [1.29, 1.82) is 0 Å². The fraction of sp³-hybridized carbons (Fsp3) is 0.422. The average molecular weight is 1010 g/mol. The number of nitrogens with zero attached hydrogens (tertiary/aromatic N) is 1. The van der Waals surface area contributed by atoms with Gasteiger partial charge in [0.1, 0.15) is 46.4 Å². The Morgan fingerprint density at radius 1 is 0.814 bits per heavy atom. The van der Waals surface area contributed by atoms with E-state index in [1.807, 2.05) is 0 Å². The van der Waals surface area contributed by atoms with Crippen LogP contribution in [0.15, 0.2) is 60.0 Å². The van der Waals surface area contributed by atoms with Crippen molar-refractivity contribution in [3.63, 3.8) is 0 Å². The molecule has 70 heavy (non-hydrogen) atoms. The van der Waals surface area contributed by atoms with Gasteiger partial charge in [0.05, 0.1) is 24.3 Å². The van der Waals surface area contributed by atoms with Crippen molar-refractivity contribution in [3.05, 3.63) is 81.8 Å². The molecule has 0 unspecified atom stereocenters. The smallest absolute Gasteiger partial charge is 0.290 e. The maximum absolute atomic E-state index is 14.2. The average Bonchev–Trinajstić information content (AvgIpc) is 3.78. The number of thiazole rings is 1. The van der Waals surface area contributed by atoms with E-state index in [0.29, 0.717) is 12.0 Å². The van der Waals surface area contributed by atoms with E-state index in [1.165, 1.54) is 54.8 Å². The van der Waals surface area contributed by atoms with Crippen LogP contribution in [0.3, 0.4) is 0 Å². The first-order valence-corrected chi connectivity index (χ1v) is 24.5. The monoisotopic (exact) mass is 1010 g/mol. The Morgan fingerprint density at radius 2 is 1.46 bits per heavy atom. The number of fused-ring (bicyclic) bond motifs is 2. The van der Waals surface area contributed by atoms with E-state index in [-0.39, 0.29) is 46.5 Å². The third kappa shape index (κ3) is 17.4. The van der Waals surface area contributed by atoms with E-state index in [0.717, 1.165) is 17.4 Å². The molecule has 23 nitrogen and oxygen atoms in total. The highest BCUT2D eigenvalue weighted by Crippen LogP contribution is 2.25. The normalized spacial score (nSPS) is 21.2. The molecule has 25 heteroatoms. The van der Waals surface area contributed by atoms with Crippen LogP contribution in [0, 0.1) is 11.8 Å². The van der Waals surface area contributed by atoms with Crippen LogP contribution in [0.25, 0.3) is 6.08 Å².